The average molecular weight is 399 g/mol. The highest BCUT2D eigenvalue weighted by Crippen LogP contribution is 2.44. The molecule has 2 heterocycles. The van der Waals surface area contributed by atoms with Gasteiger partial charge in [0, 0.05) is 32.4 Å². The largest absolute Gasteiger partial charge is 0.302 e. The van der Waals surface area contributed by atoms with Crippen LogP contribution >= 0.6 is 34.9 Å². The minimum atomic E-state index is 0.0469. The van der Waals surface area contributed by atoms with Gasteiger partial charge in [-0.05, 0) is 30.4 Å². The number of carbonyl (C=O) groups is 1. The number of thiazole rings is 1. The summed E-state index contributed by atoms with van der Waals surface area (Å²) in [6.45, 7) is 0. The van der Waals surface area contributed by atoms with Crippen LogP contribution in [0.2, 0.25) is 0 Å². The number of hydrogen-bond acceptors (Lipinski definition) is 5. The lowest BCUT2D eigenvalue weighted by molar-refractivity contribution is -0.116. The van der Waals surface area contributed by atoms with Crippen molar-refractivity contribution in [3.05, 3.63) is 59.5 Å². The number of benzene rings is 2. The van der Waals surface area contributed by atoms with E-state index in [-0.39, 0.29) is 5.91 Å². The first-order valence-electron chi connectivity index (χ1n) is 8.49. The van der Waals surface area contributed by atoms with E-state index >= 15 is 0 Å². The summed E-state index contributed by atoms with van der Waals surface area (Å²) < 4.78 is 0. The molecule has 0 bridgehead atoms. The van der Waals surface area contributed by atoms with Crippen LogP contribution in [0.1, 0.15) is 17.7 Å². The van der Waals surface area contributed by atoms with Gasteiger partial charge in [-0.3, -0.25) is 4.79 Å². The van der Waals surface area contributed by atoms with E-state index < -0.39 is 0 Å². The number of hydrogen-bond donors (Lipinski definition) is 1. The van der Waals surface area contributed by atoms with Gasteiger partial charge in [-0.25, -0.2) is 4.98 Å². The molecule has 0 aliphatic carbocycles. The van der Waals surface area contributed by atoms with Crippen molar-refractivity contribution in [2.45, 2.75) is 28.4 Å². The van der Waals surface area contributed by atoms with Gasteiger partial charge in [-0.2, -0.15) is 0 Å². The zero-order valence-corrected chi connectivity index (χ0v) is 16.6. The average Bonchev–Trinajstić information content (AvgIpc) is 3.09. The van der Waals surface area contributed by atoms with Gasteiger partial charge in [-0.15, -0.1) is 34.9 Å². The number of nitrogens with one attached hydrogen (secondary N) is 1. The Balaban J connectivity index is 1.31. The Hall–Kier alpha value is -1.76. The first-order valence-corrected chi connectivity index (χ1v) is 11.3. The maximum Gasteiger partial charge on any atom is 0.226 e. The van der Waals surface area contributed by atoms with Crippen LogP contribution in [-0.2, 0) is 10.5 Å². The summed E-state index contributed by atoms with van der Waals surface area (Å²) >= 11 is 5.21. The fourth-order valence-electron chi connectivity index (χ4n) is 2.77. The lowest BCUT2D eigenvalue weighted by Crippen LogP contribution is -2.11. The molecule has 1 aromatic heterocycles. The van der Waals surface area contributed by atoms with Crippen molar-refractivity contribution in [3.8, 4) is 11.3 Å². The van der Waals surface area contributed by atoms with Crippen molar-refractivity contribution < 1.29 is 4.79 Å². The van der Waals surface area contributed by atoms with Crippen LogP contribution < -0.4 is 5.32 Å². The number of fused-ring (bicyclic) bond motifs is 3. The molecule has 0 radical (unpaired) electrons. The van der Waals surface area contributed by atoms with Crippen LogP contribution in [-0.4, -0.2) is 16.6 Å². The zero-order valence-electron chi connectivity index (χ0n) is 14.1. The highest BCUT2D eigenvalue weighted by atomic mass is 32.2. The van der Waals surface area contributed by atoms with Crippen LogP contribution in [0.5, 0.6) is 0 Å². The Morgan fingerprint density at radius 1 is 1.12 bits per heavy atom. The third kappa shape index (κ3) is 4.14. The van der Waals surface area contributed by atoms with E-state index in [9.17, 15) is 4.79 Å². The number of aromatic nitrogens is 1. The topological polar surface area (TPSA) is 42.0 Å². The third-order valence-electron chi connectivity index (χ3n) is 4.00. The maximum absolute atomic E-state index is 12.2. The fraction of sp³-hybridized carbons (Fsp3) is 0.200. The standard InChI is InChI=1S/C20H18N2OS3/c23-18(11-6-12-24-14-7-2-1-3-8-14)21-20-22-19-15-9-4-5-10-16(15)25-13-17(19)26-20/h1-5,7-10H,6,11-13H2,(H,21,22,23). The molecular weight excluding hydrogens is 380 g/mol. The Labute approximate surface area is 165 Å². The monoisotopic (exact) mass is 398 g/mol. The zero-order chi connectivity index (χ0) is 17.8. The summed E-state index contributed by atoms with van der Waals surface area (Å²) in [7, 11) is 0. The molecule has 0 saturated heterocycles. The normalized spacial score (nSPS) is 12.3. The van der Waals surface area contributed by atoms with Gasteiger partial charge in [0.1, 0.15) is 0 Å². The second-order valence-corrected chi connectivity index (χ2v) is 9.16. The fourth-order valence-corrected chi connectivity index (χ4v) is 5.76. The molecule has 1 aliphatic heterocycles. The van der Waals surface area contributed by atoms with E-state index in [0.29, 0.717) is 11.6 Å². The quantitative estimate of drug-likeness (QED) is 0.413. The maximum atomic E-state index is 12.2. The van der Waals surface area contributed by atoms with Crippen molar-refractivity contribution in [1.82, 2.24) is 4.98 Å². The van der Waals surface area contributed by atoms with Crippen LogP contribution in [0.15, 0.2) is 64.4 Å². The highest BCUT2D eigenvalue weighted by molar-refractivity contribution is 7.99. The predicted octanol–water partition coefficient (Wildman–Crippen LogP) is 5.93. The molecule has 0 atom stereocenters. The molecule has 0 unspecified atom stereocenters. The van der Waals surface area contributed by atoms with Crippen molar-refractivity contribution >= 4 is 45.9 Å². The molecule has 0 fully saturated rings. The summed E-state index contributed by atoms with van der Waals surface area (Å²) in [5.41, 5.74) is 2.20. The van der Waals surface area contributed by atoms with Crippen molar-refractivity contribution in [2.24, 2.45) is 0 Å². The number of nitrogens with zero attached hydrogens (tertiary/aromatic N) is 1. The Bertz CT molecular complexity index is 908. The Morgan fingerprint density at radius 2 is 1.92 bits per heavy atom. The predicted molar refractivity (Wildman–Crippen MR) is 112 cm³/mol. The first kappa shape index (κ1) is 17.6. The summed E-state index contributed by atoms with van der Waals surface area (Å²) in [6.07, 6.45) is 1.38. The number of anilines is 1. The molecule has 132 valence electrons. The van der Waals surface area contributed by atoms with Crippen LogP contribution in [0.25, 0.3) is 11.3 Å². The van der Waals surface area contributed by atoms with Crippen LogP contribution in [0, 0.1) is 0 Å². The summed E-state index contributed by atoms with van der Waals surface area (Å²) in [4.78, 5) is 20.7. The number of carbonyl (C=O) groups excluding carboxylic acids is 1. The van der Waals surface area contributed by atoms with Gasteiger partial charge < -0.3 is 5.32 Å². The first-order chi connectivity index (χ1) is 12.8. The Morgan fingerprint density at radius 3 is 2.81 bits per heavy atom. The van der Waals surface area contributed by atoms with E-state index in [1.165, 1.54) is 20.2 Å². The Kier molecular flexibility index (Phi) is 5.62. The molecule has 6 heteroatoms. The van der Waals surface area contributed by atoms with Gasteiger partial charge in [0.2, 0.25) is 5.91 Å². The molecule has 26 heavy (non-hydrogen) atoms. The molecule has 3 nitrogen and oxygen atoms in total. The van der Waals surface area contributed by atoms with Crippen molar-refractivity contribution in [1.29, 1.82) is 0 Å². The van der Waals surface area contributed by atoms with E-state index in [0.717, 1.165) is 23.6 Å². The molecule has 1 N–H and O–H groups in total. The lowest BCUT2D eigenvalue weighted by Gasteiger charge is -2.13. The summed E-state index contributed by atoms with van der Waals surface area (Å²) in [5, 5.41) is 3.69. The van der Waals surface area contributed by atoms with E-state index in [2.05, 4.69) is 40.6 Å². The minimum Gasteiger partial charge on any atom is -0.302 e. The van der Waals surface area contributed by atoms with Gasteiger partial charge in [-0.1, -0.05) is 36.4 Å². The van der Waals surface area contributed by atoms with Crippen LogP contribution in [0.3, 0.4) is 0 Å². The molecule has 4 rings (SSSR count). The van der Waals surface area contributed by atoms with Gasteiger partial charge in [0.05, 0.1) is 5.69 Å². The van der Waals surface area contributed by atoms with E-state index in [4.69, 9.17) is 0 Å². The summed E-state index contributed by atoms with van der Waals surface area (Å²) in [5.74, 6) is 1.91. The molecule has 1 aliphatic rings. The second kappa shape index (κ2) is 8.29. The van der Waals surface area contributed by atoms with Gasteiger partial charge in [0.25, 0.3) is 0 Å². The smallest absolute Gasteiger partial charge is 0.226 e. The van der Waals surface area contributed by atoms with E-state index in [1.54, 1.807) is 23.1 Å². The number of thioether (sulfide) groups is 2. The number of rotatable bonds is 6. The molecule has 0 saturated carbocycles. The van der Waals surface area contributed by atoms with E-state index in [1.807, 2.05) is 36.0 Å². The van der Waals surface area contributed by atoms with Crippen LogP contribution in [0.4, 0.5) is 5.13 Å². The molecule has 1 amide bonds. The number of amides is 1. The second-order valence-electron chi connectivity index (χ2n) is 5.89. The van der Waals surface area contributed by atoms with Gasteiger partial charge in [0.15, 0.2) is 5.13 Å². The van der Waals surface area contributed by atoms with Gasteiger partial charge >= 0.3 is 0 Å². The molecule has 2 aromatic carbocycles. The highest BCUT2D eigenvalue weighted by Gasteiger charge is 2.21. The molecule has 0 spiro atoms. The van der Waals surface area contributed by atoms with Crippen molar-refractivity contribution in [3.63, 3.8) is 0 Å². The third-order valence-corrected chi connectivity index (χ3v) is 7.36. The van der Waals surface area contributed by atoms with Crippen molar-refractivity contribution in [2.75, 3.05) is 11.1 Å². The molecule has 3 aromatic rings. The minimum absolute atomic E-state index is 0.0469. The molecular formula is C20H18N2OS3. The lowest BCUT2D eigenvalue weighted by atomic mass is 10.1. The SMILES string of the molecule is O=C(CCCSc1ccccc1)Nc1nc2c(s1)CSc1ccccc1-2. The summed E-state index contributed by atoms with van der Waals surface area (Å²) in [6, 6.07) is 18.6.